The van der Waals surface area contributed by atoms with Crippen molar-refractivity contribution in [2.75, 3.05) is 26.2 Å². The molecule has 0 bridgehead atoms. The monoisotopic (exact) mass is 307 g/mol. The average molecular weight is 307 g/mol. The smallest absolute Gasteiger partial charge is 0.317 e. The lowest BCUT2D eigenvalue weighted by Crippen LogP contribution is -2.44. The molecule has 0 aromatic carbocycles. The van der Waals surface area contributed by atoms with Crippen LogP contribution in [0, 0.1) is 13.8 Å². The van der Waals surface area contributed by atoms with E-state index in [2.05, 4.69) is 5.32 Å². The highest BCUT2D eigenvalue weighted by Crippen LogP contribution is 2.17. The molecule has 1 aliphatic heterocycles. The van der Waals surface area contributed by atoms with Crippen LogP contribution in [0.25, 0.3) is 0 Å². The third-order valence-corrected chi connectivity index (χ3v) is 3.75. The molecule has 3 amide bonds. The maximum atomic E-state index is 12.6. The molecule has 2 rings (SSSR count). The highest BCUT2D eigenvalue weighted by Gasteiger charge is 2.25. The molecule has 1 aromatic heterocycles. The van der Waals surface area contributed by atoms with Gasteiger partial charge in [0.25, 0.3) is 5.91 Å². The Hall–Kier alpha value is -1.98. The van der Waals surface area contributed by atoms with E-state index in [-0.39, 0.29) is 18.0 Å². The number of hydrogen-bond acceptors (Lipinski definition) is 3. The molecular weight excluding hydrogens is 282 g/mol. The van der Waals surface area contributed by atoms with Crippen molar-refractivity contribution in [1.82, 2.24) is 15.1 Å². The Morgan fingerprint density at radius 3 is 2.36 bits per heavy atom. The Balaban J connectivity index is 1.99. The molecule has 0 spiro atoms. The van der Waals surface area contributed by atoms with Crippen LogP contribution in [0.2, 0.25) is 0 Å². The van der Waals surface area contributed by atoms with E-state index in [0.717, 1.165) is 12.2 Å². The average Bonchev–Trinajstić information content (AvgIpc) is 2.65. The second kappa shape index (κ2) is 6.85. The van der Waals surface area contributed by atoms with E-state index >= 15 is 0 Å². The van der Waals surface area contributed by atoms with Crippen LogP contribution in [0.15, 0.2) is 10.5 Å². The first-order chi connectivity index (χ1) is 10.4. The van der Waals surface area contributed by atoms with E-state index in [1.165, 1.54) is 0 Å². The lowest BCUT2D eigenvalue weighted by atomic mass is 10.2. The Kier molecular flexibility index (Phi) is 5.11. The number of amides is 3. The second-order valence-corrected chi connectivity index (χ2v) is 6.06. The van der Waals surface area contributed by atoms with E-state index in [4.69, 9.17) is 4.42 Å². The molecule has 1 saturated heterocycles. The zero-order valence-electron chi connectivity index (χ0n) is 13.8. The summed E-state index contributed by atoms with van der Waals surface area (Å²) in [5.74, 6) is 1.38. The van der Waals surface area contributed by atoms with E-state index in [1.807, 2.05) is 20.8 Å². The Morgan fingerprint density at radius 2 is 1.77 bits per heavy atom. The number of nitrogens with zero attached hydrogens (tertiary/aromatic N) is 2. The van der Waals surface area contributed by atoms with Crippen LogP contribution in [0.4, 0.5) is 4.79 Å². The fraction of sp³-hybridized carbons (Fsp3) is 0.625. The number of carbonyl (C=O) groups is 2. The summed E-state index contributed by atoms with van der Waals surface area (Å²) < 4.78 is 5.44. The van der Waals surface area contributed by atoms with Crippen LogP contribution in [0.3, 0.4) is 0 Å². The third-order valence-electron chi connectivity index (χ3n) is 3.75. The first-order valence-electron chi connectivity index (χ1n) is 7.80. The molecule has 22 heavy (non-hydrogen) atoms. The normalized spacial score (nSPS) is 15.9. The van der Waals surface area contributed by atoms with Crippen molar-refractivity contribution in [3.05, 3.63) is 23.2 Å². The lowest BCUT2D eigenvalue weighted by molar-refractivity contribution is 0.0760. The molecular formula is C16H25N3O3. The zero-order valence-corrected chi connectivity index (χ0v) is 13.8. The lowest BCUT2D eigenvalue weighted by Gasteiger charge is -2.23. The van der Waals surface area contributed by atoms with Gasteiger partial charge in [0.15, 0.2) is 0 Å². The van der Waals surface area contributed by atoms with E-state index in [0.29, 0.717) is 37.5 Å². The van der Waals surface area contributed by atoms with Crippen molar-refractivity contribution in [3.8, 4) is 0 Å². The number of aryl methyl sites for hydroxylation is 2. The molecule has 1 aromatic rings. The molecule has 0 aliphatic carbocycles. The van der Waals surface area contributed by atoms with Gasteiger partial charge in [-0.1, -0.05) is 0 Å². The number of carbonyl (C=O) groups excluding carboxylic acids is 2. The Bertz CT molecular complexity index is 551. The van der Waals surface area contributed by atoms with Crippen LogP contribution in [-0.4, -0.2) is 54.0 Å². The summed E-state index contributed by atoms with van der Waals surface area (Å²) >= 11 is 0. The minimum atomic E-state index is -0.0559. The molecule has 0 saturated carbocycles. The Labute approximate surface area is 131 Å². The minimum Gasteiger partial charge on any atom is -0.466 e. The van der Waals surface area contributed by atoms with Gasteiger partial charge in [0.05, 0.1) is 5.56 Å². The van der Waals surface area contributed by atoms with Crippen LogP contribution < -0.4 is 5.32 Å². The first-order valence-corrected chi connectivity index (χ1v) is 7.80. The quantitative estimate of drug-likeness (QED) is 0.910. The molecule has 1 aliphatic rings. The summed E-state index contributed by atoms with van der Waals surface area (Å²) in [6, 6.07) is 1.84. The first kappa shape index (κ1) is 16.4. The molecule has 0 radical (unpaired) electrons. The standard InChI is InChI=1S/C16H25N3O3/c1-11(2)17-16(21)19-7-5-6-18(8-9-19)15(20)14-10-12(3)22-13(14)4/h10-11H,5-9H2,1-4H3,(H,17,21). The van der Waals surface area contributed by atoms with Gasteiger partial charge in [0, 0.05) is 32.2 Å². The predicted octanol–water partition coefficient (Wildman–Crippen LogP) is 2.16. The summed E-state index contributed by atoms with van der Waals surface area (Å²) in [6.45, 7) is 9.96. The summed E-state index contributed by atoms with van der Waals surface area (Å²) in [4.78, 5) is 28.2. The minimum absolute atomic E-state index is 0.0135. The molecule has 1 fully saturated rings. The predicted molar refractivity (Wildman–Crippen MR) is 83.9 cm³/mol. The van der Waals surface area contributed by atoms with Gasteiger partial charge in [-0.3, -0.25) is 4.79 Å². The molecule has 6 heteroatoms. The topological polar surface area (TPSA) is 65.8 Å². The number of furan rings is 1. The number of hydrogen-bond donors (Lipinski definition) is 1. The van der Waals surface area contributed by atoms with Gasteiger partial charge < -0.3 is 19.5 Å². The number of rotatable bonds is 2. The maximum absolute atomic E-state index is 12.6. The van der Waals surface area contributed by atoms with Crippen molar-refractivity contribution in [2.45, 2.75) is 40.2 Å². The second-order valence-electron chi connectivity index (χ2n) is 6.06. The fourth-order valence-corrected chi connectivity index (χ4v) is 2.68. The summed E-state index contributed by atoms with van der Waals surface area (Å²) in [5, 5.41) is 2.90. The summed E-state index contributed by atoms with van der Waals surface area (Å²) in [5.41, 5.74) is 0.623. The van der Waals surface area contributed by atoms with Gasteiger partial charge in [0.2, 0.25) is 0 Å². The van der Waals surface area contributed by atoms with Crippen LogP contribution in [0.1, 0.15) is 42.1 Å². The van der Waals surface area contributed by atoms with Crippen LogP contribution >= 0.6 is 0 Å². The van der Waals surface area contributed by atoms with Gasteiger partial charge in [-0.2, -0.15) is 0 Å². The van der Waals surface area contributed by atoms with Crippen molar-refractivity contribution < 1.29 is 14.0 Å². The third kappa shape index (κ3) is 3.81. The molecule has 6 nitrogen and oxygen atoms in total. The van der Waals surface area contributed by atoms with Gasteiger partial charge in [-0.15, -0.1) is 0 Å². The Morgan fingerprint density at radius 1 is 1.14 bits per heavy atom. The molecule has 2 heterocycles. The van der Waals surface area contributed by atoms with Crippen molar-refractivity contribution in [1.29, 1.82) is 0 Å². The highest BCUT2D eigenvalue weighted by atomic mass is 16.3. The molecule has 122 valence electrons. The van der Waals surface area contributed by atoms with Crippen LogP contribution in [0.5, 0.6) is 0 Å². The molecule has 0 unspecified atom stereocenters. The van der Waals surface area contributed by atoms with Crippen molar-refractivity contribution in [3.63, 3.8) is 0 Å². The van der Waals surface area contributed by atoms with E-state index < -0.39 is 0 Å². The van der Waals surface area contributed by atoms with Crippen molar-refractivity contribution in [2.24, 2.45) is 0 Å². The van der Waals surface area contributed by atoms with Gasteiger partial charge in [0.1, 0.15) is 11.5 Å². The van der Waals surface area contributed by atoms with Gasteiger partial charge in [-0.25, -0.2) is 4.79 Å². The SMILES string of the molecule is Cc1cc(C(=O)N2CCCN(C(=O)NC(C)C)CC2)c(C)o1. The van der Waals surface area contributed by atoms with E-state index in [9.17, 15) is 9.59 Å². The van der Waals surface area contributed by atoms with Gasteiger partial charge in [-0.05, 0) is 40.2 Å². The molecule has 0 atom stereocenters. The zero-order chi connectivity index (χ0) is 16.3. The van der Waals surface area contributed by atoms with Gasteiger partial charge >= 0.3 is 6.03 Å². The fourth-order valence-electron chi connectivity index (χ4n) is 2.68. The summed E-state index contributed by atoms with van der Waals surface area (Å²) in [6.07, 6.45) is 0.785. The van der Waals surface area contributed by atoms with Crippen LogP contribution in [-0.2, 0) is 0 Å². The number of nitrogens with one attached hydrogen (secondary N) is 1. The highest BCUT2D eigenvalue weighted by molar-refractivity contribution is 5.95. The van der Waals surface area contributed by atoms with Crippen molar-refractivity contribution >= 4 is 11.9 Å². The molecule has 1 N–H and O–H groups in total. The number of urea groups is 1. The summed E-state index contributed by atoms with van der Waals surface area (Å²) in [7, 11) is 0. The largest absolute Gasteiger partial charge is 0.466 e. The van der Waals surface area contributed by atoms with E-state index in [1.54, 1.807) is 22.8 Å². The maximum Gasteiger partial charge on any atom is 0.317 e.